The third kappa shape index (κ3) is 4.68. The Balaban J connectivity index is 1.61. The van der Waals surface area contributed by atoms with E-state index in [1.165, 1.54) is 24.3 Å². The van der Waals surface area contributed by atoms with Gasteiger partial charge in [-0.3, -0.25) is 0 Å². The van der Waals surface area contributed by atoms with E-state index in [1.54, 1.807) is 0 Å². The van der Waals surface area contributed by atoms with E-state index in [2.05, 4.69) is 9.62 Å². The highest BCUT2D eigenvalue weighted by Crippen LogP contribution is 2.34. The van der Waals surface area contributed by atoms with Gasteiger partial charge in [-0.2, -0.15) is 5.26 Å². The maximum absolute atomic E-state index is 12.9. The third-order valence-electron chi connectivity index (χ3n) is 5.82. The number of nitrogens with zero attached hydrogens (tertiary/aromatic N) is 2. The number of anilines is 2. The number of sulfonamides is 1. The summed E-state index contributed by atoms with van der Waals surface area (Å²) in [6.45, 7) is 0. The largest absolute Gasteiger partial charge is 0.389 e. The van der Waals surface area contributed by atoms with Crippen molar-refractivity contribution in [2.24, 2.45) is 0 Å². The van der Waals surface area contributed by atoms with Gasteiger partial charge in [-0.05, 0) is 67.8 Å². The maximum atomic E-state index is 12.9. The molecule has 0 bridgehead atoms. The first kappa shape index (κ1) is 22.0. The Morgan fingerprint density at radius 2 is 1.44 bits per heavy atom. The first-order valence-corrected chi connectivity index (χ1v) is 12.1. The number of hydrogen-bond acceptors (Lipinski definition) is 5. The lowest BCUT2D eigenvalue weighted by Crippen LogP contribution is -2.55. The average Bonchev–Trinajstić information content (AvgIpc) is 2.83. The van der Waals surface area contributed by atoms with Crippen molar-refractivity contribution in [3.63, 3.8) is 0 Å². The molecule has 7 heteroatoms. The van der Waals surface area contributed by atoms with Crippen molar-refractivity contribution in [3.8, 4) is 6.07 Å². The van der Waals surface area contributed by atoms with Gasteiger partial charge in [0.15, 0.2) is 0 Å². The summed E-state index contributed by atoms with van der Waals surface area (Å²) in [7, 11) is -3.83. The number of nitrogens with one attached hydrogen (secondary N) is 1. The second kappa shape index (κ2) is 9.53. The summed E-state index contributed by atoms with van der Waals surface area (Å²) in [6.07, 6.45) is 1.15. The first-order valence-electron chi connectivity index (χ1n) is 10.6. The predicted octanol–water partition coefficient (Wildman–Crippen LogP) is 3.96. The fourth-order valence-corrected chi connectivity index (χ4v) is 5.54. The van der Waals surface area contributed by atoms with Crippen LogP contribution in [0.5, 0.6) is 0 Å². The zero-order chi connectivity index (χ0) is 22.6. The van der Waals surface area contributed by atoms with Gasteiger partial charge in [0.25, 0.3) is 0 Å². The molecule has 3 aromatic carbocycles. The van der Waals surface area contributed by atoms with Crippen LogP contribution >= 0.6 is 0 Å². The van der Waals surface area contributed by atoms with Gasteiger partial charge in [0.05, 0.1) is 34.7 Å². The van der Waals surface area contributed by atoms with Crippen LogP contribution in [0.2, 0.25) is 0 Å². The highest BCUT2D eigenvalue weighted by atomic mass is 32.2. The Kier molecular flexibility index (Phi) is 6.56. The molecule has 32 heavy (non-hydrogen) atoms. The quantitative estimate of drug-likeness (QED) is 0.597. The first-order chi connectivity index (χ1) is 15.5. The molecule has 2 N–H and O–H groups in total. The van der Waals surface area contributed by atoms with Gasteiger partial charge in [0, 0.05) is 11.4 Å². The summed E-state index contributed by atoms with van der Waals surface area (Å²) in [5.41, 5.74) is 2.28. The molecule has 0 radical (unpaired) electrons. The lowest BCUT2D eigenvalue weighted by Gasteiger charge is -2.42. The standard InChI is InChI=1S/C25H25N3O3S/c26-18-19-14-16-22(17-15-19)32(30,31)27-23-12-7-13-24(25(23)29)28(20-8-3-1-4-9-20)21-10-5-2-6-11-21/h1-6,8-11,14-17,23-25,27,29H,7,12-13H2/t23-,24+,25+/m0/s1. The number of hydrogen-bond donors (Lipinski definition) is 2. The van der Waals surface area contributed by atoms with Crippen LogP contribution in [-0.4, -0.2) is 31.7 Å². The van der Waals surface area contributed by atoms with Gasteiger partial charge in [0.2, 0.25) is 10.0 Å². The van der Waals surface area contributed by atoms with Gasteiger partial charge < -0.3 is 10.0 Å². The molecular formula is C25H25N3O3S. The molecule has 1 aliphatic carbocycles. The molecule has 3 aromatic rings. The Morgan fingerprint density at radius 3 is 1.97 bits per heavy atom. The van der Waals surface area contributed by atoms with E-state index in [0.717, 1.165) is 24.2 Å². The molecule has 164 valence electrons. The van der Waals surface area contributed by atoms with Gasteiger partial charge in [-0.1, -0.05) is 36.4 Å². The van der Waals surface area contributed by atoms with Gasteiger partial charge in [-0.15, -0.1) is 0 Å². The number of aliphatic hydroxyl groups is 1. The second-order valence-electron chi connectivity index (χ2n) is 7.89. The Hall–Kier alpha value is -3.18. The van der Waals surface area contributed by atoms with Crippen molar-refractivity contribution < 1.29 is 13.5 Å². The Morgan fingerprint density at radius 1 is 0.875 bits per heavy atom. The molecule has 0 amide bonds. The summed E-state index contributed by atoms with van der Waals surface area (Å²) >= 11 is 0. The molecule has 0 aliphatic heterocycles. The van der Waals surface area contributed by atoms with Crippen molar-refractivity contribution in [1.82, 2.24) is 4.72 Å². The summed E-state index contributed by atoms with van der Waals surface area (Å²) in [6, 6.07) is 26.5. The van der Waals surface area contributed by atoms with Crippen LogP contribution in [0.15, 0.2) is 89.8 Å². The van der Waals surface area contributed by atoms with Crippen molar-refractivity contribution in [2.75, 3.05) is 4.90 Å². The minimum absolute atomic E-state index is 0.0776. The SMILES string of the molecule is N#Cc1ccc(S(=O)(=O)N[C@H]2CCC[C@@H](N(c3ccccc3)c3ccccc3)[C@@H]2O)cc1. The van der Waals surface area contributed by atoms with E-state index in [9.17, 15) is 13.5 Å². The number of rotatable bonds is 6. The highest BCUT2D eigenvalue weighted by Gasteiger charge is 2.38. The molecule has 6 nitrogen and oxygen atoms in total. The fraction of sp³-hybridized carbons (Fsp3) is 0.240. The molecule has 4 rings (SSSR count). The molecule has 0 aromatic heterocycles. The zero-order valence-electron chi connectivity index (χ0n) is 17.5. The van der Waals surface area contributed by atoms with Crippen LogP contribution in [0.4, 0.5) is 11.4 Å². The van der Waals surface area contributed by atoms with Crippen LogP contribution in [-0.2, 0) is 10.0 Å². The van der Waals surface area contributed by atoms with Crippen molar-refractivity contribution >= 4 is 21.4 Å². The average molecular weight is 448 g/mol. The van der Waals surface area contributed by atoms with E-state index in [1.807, 2.05) is 66.7 Å². The second-order valence-corrected chi connectivity index (χ2v) is 9.61. The molecule has 0 unspecified atom stereocenters. The van der Waals surface area contributed by atoms with E-state index in [0.29, 0.717) is 12.0 Å². The summed E-state index contributed by atoms with van der Waals surface area (Å²) in [5.74, 6) is 0. The van der Waals surface area contributed by atoms with Crippen LogP contribution in [0.25, 0.3) is 0 Å². The van der Waals surface area contributed by atoms with Crippen LogP contribution < -0.4 is 9.62 Å². The van der Waals surface area contributed by atoms with Gasteiger partial charge >= 0.3 is 0 Å². The normalized spacial score (nSPS) is 20.9. The highest BCUT2D eigenvalue weighted by molar-refractivity contribution is 7.89. The molecule has 1 fully saturated rings. The zero-order valence-corrected chi connectivity index (χ0v) is 18.3. The van der Waals surface area contributed by atoms with Gasteiger partial charge in [0.1, 0.15) is 0 Å². The third-order valence-corrected chi connectivity index (χ3v) is 7.33. The fourth-order valence-electron chi connectivity index (χ4n) is 4.25. The van der Waals surface area contributed by atoms with E-state index < -0.39 is 22.2 Å². The molecular weight excluding hydrogens is 422 g/mol. The molecule has 3 atom stereocenters. The maximum Gasteiger partial charge on any atom is 0.240 e. The predicted molar refractivity (Wildman–Crippen MR) is 124 cm³/mol. The Labute approximate surface area is 188 Å². The lowest BCUT2D eigenvalue weighted by molar-refractivity contribution is 0.0812. The topological polar surface area (TPSA) is 93.4 Å². The van der Waals surface area contributed by atoms with E-state index >= 15 is 0 Å². The van der Waals surface area contributed by atoms with Crippen molar-refractivity contribution in [3.05, 3.63) is 90.5 Å². The summed E-state index contributed by atoms with van der Waals surface area (Å²) in [5, 5.41) is 20.2. The molecule has 0 spiro atoms. The molecule has 1 aliphatic rings. The summed E-state index contributed by atoms with van der Waals surface area (Å²) in [4.78, 5) is 2.17. The molecule has 0 saturated heterocycles. The number of nitriles is 1. The molecule has 1 saturated carbocycles. The number of benzene rings is 3. The minimum atomic E-state index is -3.83. The van der Waals surface area contributed by atoms with E-state index in [4.69, 9.17) is 5.26 Å². The van der Waals surface area contributed by atoms with E-state index in [-0.39, 0.29) is 10.9 Å². The minimum Gasteiger partial charge on any atom is -0.389 e. The summed E-state index contributed by atoms with van der Waals surface area (Å²) < 4.78 is 28.6. The molecule has 0 heterocycles. The number of para-hydroxylation sites is 2. The monoisotopic (exact) mass is 447 g/mol. The lowest BCUT2D eigenvalue weighted by atomic mass is 9.87. The van der Waals surface area contributed by atoms with Crippen LogP contribution in [0.1, 0.15) is 24.8 Å². The van der Waals surface area contributed by atoms with Crippen molar-refractivity contribution in [1.29, 1.82) is 5.26 Å². The van der Waals surface area contributed by atoms with Crippen LogP contribution in [0.3, 0.4) is 0 Å². The smallest absolute Gasteiger partial charge is 0.240 e. The van der Waals surface area contributed by atoms with Crippen LogP contribution in [0, 0.1) is 11.3 Å². The van der Waals surface area contributed by atoms with Crippen molar-refractivity contribution in [2.45, 2.75) is 42.3 Å². The van der Waals surface area contributed by atoms with Gasteiger partial charge in [-0.25, -0.2) is 13.1 Å². The number of aliphatic hydroxyl groups excluding tert-OH is 1. The Bertz CT molecular complexity index is 1140.